The van der Waals surface area contributed by atoms with Gasteiger partial charge in [-0.1, -0.05) is 26.8 Å². The zero-order chi connectivity index (χ0) is 22.5. The summed E-state index contributed by atoms with van der Waals surface area (Å²) in [6, 6.07) is 6.34. The van der Waals surface area contributed by atoms with Gasteiger partial charge in [-0.25, -0.2) is 0 Å². The molecule has 3 aliphatic carbocycles. The number of nitrogens with one attached hydrogen (secondary N) is 1. The van der Waals surface area contributed by atoms with Gasteiger partial charge in [0.1, 0.15) is 11.5 Å². The molecule has 174 valence electrons. The average molecular weight is 439 g/mol. The Kier molecular flexibility index (Phi) is 5.72. The minimum absolute atomic E-state index is 0.0697. The second kappa shape index (κ2) is 8.27. The molecule has 4 nitrogen and oxygen atoms in total. The summed E-state index contributed by atoms with van der Waals surface area (Å²) in [6.45, 7) is 10.1. The van der Waals surface area contributed by atoms with Gasteiger partial charge >= 0.3 is 5.97 Å². The normalized spacial score (nSPS) is 35.5. The van der Waals surface area contributed by atoms with Gasteiger partial charge in [-0.15, -0.1) is 0 Å². The summed E-state index contributed by atoms with van der Waals surface area (Å²) in [6.07, 6.45) is 9.23. The van der Waals surface area contributed by atoms with E-state index < -0.39 is 0 Å². The van der Waals surface area contributed by atoms with E-state index in [1.54, 1.807) is 0 Å². The van der Waals surface area contributed by atoms with Crippen molar-refractivity contribution in [2.75, 3.05) is 19.6 Å². The summed E-state index contributed by atoms with van der Waals surface area (Å²) in [5.41, 5.74) is 3.12. The van der Waals surface area contributed by atoms with Gasteiger partial charge in [0.2, 0.25) is 0 Å². The molecule has 1 aliphatic heterocycles. The number of aryl methyl sites for hydroxylation is 1. The van der Waals surface area contributed by atoms with Crippen LogP contribution in [0.15, 0.2) is 18.2 Å². The predicted molar refractivity (Wildman–Crippen MR) is 125 cm³/mol. The molecule has 1 heterocycles. The highest BCUT2D eigenvalue weighted by Gasteiger charge is 2.54. The predicted octanol–water partition coefficient (Wildman–Crippen LogP) is 4.11. The van der Waals surface area contributed by atoms with Crippen molar-refractivity contribution < 1.29 is 19.2 Å². The number of rotatable bonds is 4. The van der Waals surface area contributed by atoms with E-state index in [1.165, 1.54) is 35.4 Å². The van der Waals surface area contributed by atoms with Crippen LogP contribution in [0, 0.1) is 22.7 Å². The fraction of sp³-hybridized carbons (Fsp3) is 0.714. The summed E-state index contributed by atoms with van der Waals surface area (Å²) in [4.78, 5) is 26.6. The van der Waals surface area contributed by atoms with Gasteiger partial charge in [0.15, 0.2) is 0 Å². The number of fused-ring (bicyclic) bond motifs is 5. The van der Waals surface area contributed by atoms with Crippen molar-refractivity contribution in [2.24, 2.45) is 22.7 Å². The smallest absolute Gasteiger partial charge is 0.316 e. The first-order chi connectivity index (χ1) is 15.2. The zero-order valence-electron chi connectivity index (χ0n) is 20.2. The zero-order valence-corrected chi connectivity index (χ0v) is 20.2. The summed E-state index contributed by atoms with van der Waals surface area (Å²) >= 11 is 0. The van der Waals surface area contributed by atoms with Crippen LogP contribution in [0.5, 0.6) is 5.75 Å². The molecule has 1 unspecified atom stereocenters. The van der Waals surface area contributed by atoms with Gasteiger partial charge in [-0.05, 0) is 86.0 Å². The van der Waals surface area contributed by atoms with E-state index >= 15 is 0 Å². The molecule has 1 aromatic carbocycles. The van der Waals surface area contributed by atoms with Crippen molar-refractivity contribution in [1.29, 1.82) is 0 Å². The summed E-state index contributed by atoms with van der Waals surface area (Å²) in [5, 5.41) is 0. The molecule has 0 radical (unpaired) electrons. The van der Waals surface area contributed by atoms with E-state index in [4.69, 9.17) is 4.74 Å². The van der Waals surface area contributed by atoms with Crippen LogP contribution in [0.1, 0.15) is 89.2 Å². The van der Waals surface area contributed by atoms with Gasteiger partial charge < -0.3 is 9.64 Å². The number of likely N-dealkylation sites (tertiary alicyclic amines) is 1. The highest BCUT2D eigenvalue weighted by atomic mass is 16.5. The fourth-order valence-corrected chi connectivity index (χ4v) is 7.74. The van der Waals surface area contributed by atoms with Gasteiger partial charge in [-0.2, -0.15) is 0 Å². The molecule has 0 bridgehead atoms. The Labute approximate surface area is 193 Å². The first-order valence-corrected chi connectivity index (χ1v) is 13.0. The maximum Gasteiger partial charge on any atom is 0.316 e. The topological polar surface area (TPSA) is 47.8 Å². The third-order valence-corrected chi connectivity index (χ3v) is 9.43. The number of esters is 1. The summed E-state index contributed by atoms with van der Waals surface area (Å²) < 4.78 is 5.76. The number of Topliss-reactive ketones (excluding diaryl/α,β-unsaturated/α-hetero) is 1. The van der Waals surface area contributed by atoms with Gasteiger partial charge in [0.05, 0.1) is 26.1 Å². The number of hydrogen-bond acceptors (Lipinski definition) is 3. The van der Waals surface area contributed by atoms with E-state index in [2.05, 4.69) is 32.9 Å². The molecule has 0 amide bonds. The Morgan fingerprint density at radius 1 is 1.12 bits per heavy atom. The Morgan fingerprint density at radius 3 is 2.78 bits per heavy atom. The lowest BCUT2D eigenvalue weighted by Gasteiger charge is -2.48. The molecular formula is C28H40NO3+. The first kappa shape index (κ1) is 22.1. The number of benzene rings is 1. The van der Waals surface area contributed by atoms with E-state index in [9.17, 15) is 9.59 Å². The summed E-state index contributed by atoms with van der Waals surface area (Å²) in [7, 11) is 0. The van der Waals surface area contributed by atoms with E-state index in [-0.39, 0.29) is 11.4 Å². The Balaban J connectivity index is 1.21. The lowest BCUT2D eigenvalue weighted by atomic mass is 9.55. The number of ketones is 1. The van der Waals surface area contributed by atoms with E-state index in [0.29, 0.717) is 41.1 Å². The number of ether oxygens (including phenoxy) is 1. The van der Waals surface area contributed by atoms with Crippen molar-refractivity contribution in [2.45, 2.75) is 84.5 Å². The van der Waals surface area contributed by atoms with Crippen LogP contribution >= 0.6 is 0 Å². The minimum Gasteiger partial charge on any atom is -0.426 e. The molecular weight excluding hydrogens is 398 g/mol. The van der Waals surface area contributed by atoms with Crippen LogP contribution in [-0.4, -0.2) is 31.4 Å². The van der Waals surface area contributed by atoms with Crippen molar-refractivity contribution in [3.05, 3.63) is 29.3 Å². The maximum absolute atomic E-state index is 12.5. The quantitative estimate of drug-likeness (QED) is 0.568. The van der Waals surface area contributed by atoms with Crippen LogP contribution in [0.25, 0.3) is 0 Å². The van der Waals surface area contributed by atoms with Crippen LogP contribution in [0.2, 0.25) is 0 Å². The molecule has 1 saturated heterocycles. The number of hydrogen-bond donors (Lipinski definition) is 1. The third-order valence-electron chi connectivity index (χ3n) is 9.43. The van der Waals surface area contributed by atoms with Crippen LogP contribution < -0.4 is 9.64 Å². The van der Waals surface area contributed by atoms with Gasteiger partial charge in [0, 0.05) is 17.3 Å². The van der Waals surface area contributed by atoms with Crippen LogP contribution in [0.3, 0.4) is 0 Å². The highest BCUT2D eigenvalue weighted by molar-refractivity contribution is 5.87. The minimum atomic E-state index is -0.104. The molecule has 3 fully saturated rings. The fourth-order valence-electron chi connectivity index (χ4n) is 7.74. The Bertz CT molecular complexity index is 906. The van der Waals surface area contributed by atoms with Crippen molar-refractivity contribution >= 4 is 11.8 Å². The second-order valence-electron chi connectivity index (χ2n) is 12.1. The molecule has 1 N–H and O–H groups in total. The second-order valence-corrected chi connectivity index (χ2v) is 12.1. The molecule has 0 aromatic heterocycles. The largest absolute Gasteiger partial charge is 0.426 e. The van der Waals surface area contributed by atoms with Crippen LogP contribution in [0.4, 0.5) is 0 Å². The Hall–Kier alpha value is -1.68. The Morgan fingerprint density at radius 2 is 1.97 bits per heavy atom. The van der Waals surface area contributed by atoms with Crippen molar-refractivity contribution in [3.8, 4) is 5.75 Å². The molecule has 1 aromatic rings. The molecule has 4 heteroatoms. The monoisotopic (exact) mass is 438 g/mol. The lowest BCUT2D eigenvalue weighted by molar-refractivity contribution is -0.911. The van der Waals surface area contributed by atoms with Crippen molar-refractivity contribution in [3.63, 3.8) is 0 Å². The van der Waals surface area contributed by atoms with Crippen molar-refractivity contribution in [1.82, 2.24) is 0 Å². The number of carbonyl (C=O) groups is 2. The van der Waals surface area contributed by atoms with E-state index in [1.807, 2.05) is 6.07 Å². The maximum atomic E-state index is 12.5. The molecule has 5 rings (SSSR count). The molecule has 5 atom stereocenters. The molecule has 32 heavy (non-hydrogen) atoms. The average Bonchev–Trinajstić information content (AvgIpc) is 3.06. The first-order valence-electron chi connectivity index (χ1n) is 13.0. The highest BCUT2D eigenvalue weighted by Crippen LogP contribution is 2.59. The molecule has 0 spiro atoms. The SMILES string of the molecule is CC1(C)CCC[NH+](CCC(=O)Oc2ccc3c(c2)CC[C@@H]2[C@@H]3CC[C@]3(C)C(=O)CC[C@@H]23)C1. The van der Waals surface area contributed by atoms with E-state index in [0.717, 1.165) is 51.6 Å². The summed E-state index contributed by atoms with van der Waals surface area (Å²) in [5.74, 6) is 2.87. The number of carbonyl (C=O) groups excluding carboxylic acids is 2. The third kappa shape index (κ3) is 4.04. The van der Waals surface area contributed by atoms with Crippen LogP contribution in [-0.2, 0) is 16.0 Å². The van der Waals surface area contributed by atoms with Gasteiger partial charge in [-0.3, -0.25) is 9.59 Å². The van der Waals surface area contributed by atoms with Gasteiger partial charge in [0.25, 0.3) is 0 Å². The standard InChI is InChI=1S/C28H39NO3/c1-27(2)13-4-15-29(18-27)16-12-26(31)32-20-6-8-21-19(17-20)5-7-23-22(21)11-14-28(3)24(23)9-10-25(28)30/h6,8,17,22-24H,4-5,7,9-16,18H2,1-3H3/p+1/t22-,23-,24+,28+/m1/s1. The number of quaternary nitrogens is 1. The molecule has 4 aliphatic rings. The lowest BCUT2D eigenvalue weighted by Crippen LogP contribution is -3.14. The molecule has 2 saturated carbocycles. The number of piperidine rings is 1.